The highest BCUT2D eigenvalue weighted by molar-refractivity contribution is 5.76. The van der Waals surface area contributed by atoms with Gasteiger partial charge in [0.2, 0.25) is 12.2 Å². The van der Waals surface area contributed by atoms with E-state index in [9.17, 15) is 9.18 Å². The molecule has 1 saturated heterocycles. The van der Waals surface area contributed by atoms with Crippen molar-refractivity contribution in [2.75, 3.05) is 13.1 Å². The summed E-state index contributed by atoms with van der Waals surface area (Å²) in [6.07, 6.45) is 1.21. The number of nitrogens with two attached hydrogens (primary N) is 1. The van der Waals surface area contributed by atoms with E-state index in [0.717, 1.165) is 30.5 Å². The van der Waals surface area contributed by atoms with Crippen molar-refractivity contribution in [1.82, 2.24) is 4.90 Å². The van der Waals surface area contributed by atoms with E-state index in [4.69, 9.17) is 15.2 Å². The van der Waals surface area contributed by atoms with E-state index in [1.165, 1.54) is 12.1 Å². The van der Waals surface area contributed by atoms with Gasteiger partial charge in [-0.15, -0.1) is 0 Å². The topological polar surface area (TPSA) is 64.8 Å². The van der Waals surface area contributed by atoms with Crippen LogP contribution in [-0.2, 0) is 22.7 Å². The van der Waals surface area contributed by atoms with E-state index in [-0.39, 0.29) is 17.6 Å². The van der Waals surface area contributed by atoms with E-state index in [2.05, 4.69) is 4.90 Å². The molecule has 1 fully saturated rings. The number of amides is 1. The zero-order valence-corrected chi connectivity index (χ0v) is 15.1. The average molecular weight is 370 g/mol. The van der Waals surface area contributed by atoms with Crippen LogP contribution in [0.2, 0.25) is 0 Å². The number of primary amides is 1. The summed E-state index contributed by atoms with van der Waals surface area (Å²) in [6, 6.07) is 12.7. The molecule has 2 aromatic carbocycles. The first-order valence-corrected chi connectivity index (χ1v) is 9.26. The highest BCUT2D eigenvalue weighted by atomic mass is 19.1. The standard InChI is InChI=1S/C21H23FN2O3/c22-18-9-16(12-24-8-4-7-15(11-24)20(23)25)19-17(10-18)13-26-21(27-19)14-5-2-1-3-6-14/h1-3,5-6,9-10,15,21H,4,7-8,11-13H2,(H2,23,25)/t15-,21+/m0/s1. The third-order valence-electron chi connectivity index (χ3n) is 5.20. The highest BCUT2D eigenvalue weighted by Crippen LogP contribution is 2.37. The van der Waals surface area contributed by atoms with Gasteiger partial charge in [-0.05, 0) is 31.5 Å². The lowest BCUT2D eigenvalue weighted by molar-refractivity contribution is -0.123. The number of carbonyl (C=O) groups is 1. The third-order valence-corrected chi connectivity index (χ3v) is 5.20. The van der Waals surface area contributed by atoms with Crippen LogP contribution in [0.5, 0.6) is 5.75 Å². The molecule has 0 aliphatic carbocycles. The fourth-order valence-corrected chi connectivity index (χ4v) is 3.84. The van der Waals surface area contributed by atoms with E-state index < -0.39 is 6.29 Å². The maximum absolute atomic E-state index is 14.1. The molecule has 0 saturated carbocycles. The molecular formula is C21H23FN2O3. The summed E-state index contributed by atoms with van der Waals surface area (Å²) < 4.78 is 26.0. The Kier molecular flexibility index (Phi) is 5.09. The molecule has 6 heteroatoms. The molecule has 0 bridgehead atoms. The van der Waals surface area contributed by atoms with Crippen LogP contribution in [0.1, 0.15) is 35.8 Å². The van der Waals surface area contributed by atoms with Gasteiger partial charge < -0.3 is 15.2 Å². The lowest BCUT2D eigenvalue weighted by Crippen LogP contribution is -2.40. The lowest BCUT2D eigenvalue weighted by atomic mass is 9.96. The normalized spacial score (nSPS) is 22.7. The van der Waals surface area contributed by atoms with Crippen LogP contribution < -0.4 is 10.5 Å². The smallest absolute Gasteiger partial charge is 0.227 e. The quantitative estimate of drug-likeness (QED) is 0.898. The van der Waals surface area contributed by atoms with Gasteiger partial charge in [-0.2, -0.15) is 0 Å². The first kappa shape index (κ1) is 17.9. The van der Waals surface area contributed by atoms with Crippen LogP contribution >= 0.6 is 0 Å². The van der Waals surface area contributed by atoms with Crippen LogP contribution in [0, 0.1) is 11.7 Å². The summed E-state index contributed by atoms with van der Waals surface area (Å²) >= 11 is 0. The minimum atomic E-state index is -0.511. The monoisotopic (exact) mass is 370 g/mol. The third kappa shape index (κ3) is 3.96. The molecule has 0 radical (unpaired) electrons. The lowest BCUT2D eigenvalue weighted by Gasteiger charge is -2.33. The largest absolute Gasteiger partial charge is 0.460 e. The van der Waals surface area contributed by atoms with Gasteiger partial charge in [-0.25, -0.2) is 4.39 Å². The van der Waals surface area contributed by atoms with Gasteiger partial charge >= 0.3 is 0 Å². The molecule has 142 valence electrons. The van der Waals surface area contributed by atoms with Crippen LogP contribution in [0.4, 0.5) is 4.39 Å². The Morgan fingerprint density at radius 3 is 2.85 bits per heavy atom. The summed E-state index contributed by atoms with van der Waals surface area (Å²) in [5, 5.41) is 0. The predicted octanol–water partition coefficient (Wildman–Crippen LogP) is 3.13. The zero-order chi connectivity index (χ0) is 18.8. The fourth-order valence-electron chi connectivity index (χ4n) is 3.84. The van der Waals surface area contributed by atoms with Gasteiger partial charge in [-0.3, -0.25) is 9.69 Å². The fraction of sp³-hybridized carbons (Fsp3) is 0.381. The van der Waals surface area contributed by atoms with Crippen LogP contribution in [0.15, 0.2) is 42.5 Å². The molecule has 2 aliphatic rings. The van der Waals surface area contributed by atoms with Gasteiger partial charge in [0, 0.05) is 29.8 Å². The maximum Gasteiger partial charge on any atom is 0.227 e. The number of hydrogen-bond donors (Lipinski definition) is 1. The van der Waals surface area contributed by atoms with Gasteiger partial charge in [0.25, 0.3) is 0 Å². The summed E-state index contributed by atoms with van der Waals surface area (Å²) in [5.41, 5.74) is 7.88. The van der Waals surface area contributed by atoms with Crippen molar-refractivity contribution in [2.45, 2.75) is 32.3 Å². The predicted molar refractivity (Wildman–Crippen MR) is 98.2 cm³/mol. The van der Waals surface area contributed by atoms with Gasteiger partial charge in [0.15, 0.2) is 0 Å². The van der Waals surface area contributed by atoms with E-state index >= 15 is 0 Å². The summed E-state index contributed by atoms with van der Waals surface area (Å²) in [5.74, 6) is -0.0468. The Hall–Kier alpha value is -2.44. The number of likely N-dealkylation sites (tertiary alicyclic amines) is 1. The van der Waals surface area contributed by atoms with Crippen LogP contribution in [0.25, 0.3) is 0 Å². The van der Waals surface area contributed by atoms with Crippen molar-refractivity contribution >= 4 is 5.91 Å². The van der Waals surface area contributed by atoms with E-state index in [0.29, 0.717) is 31.0 Å². The first-order chi connectivity index (χ1) is 13.1. The first-order valence-electron chi connectivity index (χ1n) is 9.26. The molecule has 0 unspecified atom stereocenters. The number of nitrogens with zero attached hydrogens (tertiary/aromatic N) is 1. The highest BCUT2D eigenvalue weighted by Gasteiger charge is 2.28. The number of fused-ring (bicyclic) bond motifs is 1. The number of halogens is 1. The van der Waals surface area contributed by atoms with Gasteiger partial charge in [0.1, 0.15) is 11.6 Å². The molecule has 5 nitrogen and oxygen atoms in total. The second-order valence-electron chi connectivity index (χ2n) is 7.20. The molecular weight excluding hydrogens is 347 g/mol. The number of carbonyl (C=O) groups excluding carboxylic acids is 1. The Balaban J connectivity index is 1.57. The summed E-state index contributed by atoms with van der Waals surface area (Å²) in [6.45, 7) is 2.27. The molecule has 2 aromatic rings. The SMILES string of the molecule is NC(=O)[C@H]1CCCN(Cc2cc(F)cc3c2O[C@H](c2ccccc2)OC3)C1. The van der Waals surface area contributed by atoms with Crippen LogP contribution in [-0.4, -0.2) is 23.9 Å². The van der Waals surface area contributed by atoms with E-state index in [1.807, 2.05) is 30.3 Å². The van der Waals surface area contributed by atoms with Crippen LogP contribution in [0.3, 0.4) is 0 Å². The molecule has 1 amide bonds. The number of rotatable bonds is 4. The molecule has 2 atom stereocenters. The second-order valence-corrected chi connectivity index (χ2v) is 7.20. The Morgan fingerprint density at radius 1 is 1.26 bits per heavy atom. The summed E-state index contributed by atoms with van der Waals surface area (Å²) in [7, 11) is 0. The molecule has 2 N–H and O–H groups in total. The number of benzene rings is 2. The zero-order valence-electron chi connectivity index (χ0n) is 15.1. The number of hydrogen-bond acceptors (Lipinski definition) is 4. The molecule has 0 aromatic heterocycles. The number of piperidine rings is 1. The van der Waals surface area contributed by atoms with Gasteiger partial charge in [-0.1, -0.05) is 30.3 Å². The van der Waals surface area contributed by atoms with Crippen molar-refractivity contribution in [1.29, 1.82) is 0 Å². The van der Waals surface area contributed by atoms with Crippen molar-refractivity contribution in [3.63, 3.8) is 0 Å². The summed E-state index contributed by atoms with van der Waals surface area (Å²) in [4.78, 5) is 13.7. The molecule has 4 rings (SSSR count). The van der Waals surface area contributed by atoms with Gasteiger partial charge in [0.05, 0.1) is 12.5 Å². The van der Waals surface area contributed by atoms with E-state index in [1.54, 1.807) is 0 Å². The Morgan fingerprint density at radius 2 is 2.07 bits per heavy atom. The Labute approximate surface area is 157 Å². The molecule has 27 heavy (non-hydrogen) atoms. The molecule has 0 spiro atoms. The Bertz CT molecular complexity index is 828. The van der Waals surface area contributed by atoms with Crippen molar-refractivity contribution in [3.8, 4) is 5.75 Å². The van der Waals surface area contributed by atoms with Crippen molar-refractivity contribution in [3.05, 3.63) is 65.0 Å². The van der Waals surface area contributed by atoms with Crippen molar-refractivity contribution < 1.29 is 18.7 Å². The van der Waals surface area contributed by atoms with Crippen molar-refractivity contribution in [2.24, 2.45) is 11.7 Å². The molecule has 2 heterocycles. The minimum Gasteiger partial charge on any atom is -0.460 e. The second kappa shape index (κ2) is 7.66. The molecule has 2 aliphatic heterocycles. The number of ether oxygens (including phenoxy) is 2. The maximum atomic E-state index is 14.1. The minimum absolute atomic E-state index is 0.149. The average Bonchev–Trinajstić information content (AvgIpc) is 2.68.